The van der Waals surface area contributed by atoms with Gasteiger partial charge in [0.2, 0.25) is 6.10 Å². The van der Waals surface area contributed by atoms with Crippen molar-refractivity contribution in [2.24, 2.45) is 0 Å². The molecule has 0 aliphatic rings. The highest BCUT2D eigenvalue weighted by Gasteiger charge is 2.27. The number of esters is 1. The van der Waals surface area contributed by atoms with Gasteiger partial charge in [-0.25, -0.2) is 4.79 Å². The van der Waals surface area contributed by atoms with Crippen LogP contribution in [0.25, 0.3) is 10.1 Å². The number of urea groups is 1. The molecule has 1 aromatic heterocycles. The van der Waals surface area contributed by atoms with Crippen molar-refractivity contribution in [2.75, 3.05) is 13.6 Å². The SMILES string of the molecule is CNC(=O)NC(=O)C(OC(=O)CNC(=O)c1sc2ccccc2c1Cl)c1ccccc1. The van der Waals surface area contributed by atoms with Gasteiger partial charge in [-0.15, -0.1) is 11.3 Å². The van der Waals surface area contributed by atoms with Gasteiger partial charge >= 0.3 is 12.0 Å². The van der Waals surface area contributed by atoms with Gasteiger partial charge in [0.05, 0.1) is 5.02 Å². The highest BCUT2D eigenvalue weighted by Crippen LogP contribution is 2.34. The van der Waals surface area contributed by atoms with E-state index in [1.165, 1.54) is 18.4 Å². The molecule has 0 saturated carbocycles. The number of halogens is 1. The third-order valence-electron chi connectivity index (χ3n) is 4.19. The molecule has 0 fully saturated rings. The van der Waals surface area contributed by atoms with E-state index in [0.29, 0.717) is 10.6 Å². The Hall–Kier alpha value is -3.43. The minimum absolute atomic E-state index is 0.271. The van der Waals surface area contributed by atoms with Crippen LogP contribution in [0.4, 0.5) is 4.79 Å². The van der Waals surface area contributed by atoms with E-state index in [1.807, 2.05) is 18.2 Å². The summed E-state index contributed by atoms with van der Waals surface area (Å²) in [7, 11) is 1.35. The van der Waals surface area contributed by atoms with Crippen molar-refractivity contribution in [3.63, 3.8) is 0 Å². The smallest absolute Gasteiger partial charge is 0.326 e. The summed E-state index contributed by atoms with van der Waals surface area (Å²) in [6.07, 6.45) is -1.36. The summed E-state index contributed by atoms with van der Waals surface area (Å²) >= 11 is 7.48. The Labute approximate surface area is 186 Å². The minimum Gasteiger partial charge on any atom is -0.446 e. The molecule has 8 nitrogen and oxygen atoms in total. The lowest BCUT2D eigenvalue weighted by Crippen LogP contribution is -2.42. The van der Waals surface area contributed by atoms with Crippen molar-refractivity contribution >= 4 is 56.8 Å². The van der Waals surface area contributed by atoms with Crippen molar-refractivity contribution in [1.29, 1.82) is 0 Å². The molecule has 1 unspecified atom stereocenters. The molecule has 0 aliphatic carbocycles. The predicted octanol–water partition coefficient (Wildman–Crippen LogP) is 3.02. The maximum Gasteiger partial charge on any atom is 0.326 e. The standard InChI is InChI=1S/C21H18ClN3O5S/c1-23-21(29)25-19(27)17(12-7-3-2-4-8-12)30-15(26)11-24-20(28)18-16(22)13-9-5-6-10-14(13)31-18/h2-10,17H,11H2,1H3,(H,24,28)(H2,23,25,27,29). The maximum absolute atomic E-state index is 12.5. The average Bonchev–Trinajstić information content (AvgIpc) is 3.13. The van der Waals surface area contributed by atoms with Crippen molar-refractivity contribution in [2.45, 2.75) is 6.10 Å². The molecule has 0 saturated heterocycles. The van der Waals surface area contributed by atoms with Crippen molar-refractivity contribution in [3.05, 3.63) is 70.1 Å². The fourth-order valence-corrected chi connectivity index (χ4v) is 4.14. The second-order valence-electron chi connectivity index (χ2n) is 6.27. The number of fused-ring (bicyclic) bond motifs is 1. The number of carbonyl (C=O) groups excluding carboxylic acids is 4. The molecule has 0 bridgehead atoms. The van der Waals surface area contributed by atoms with Gasteiger partial charge in [0.15, 0.2) is 0 Å². The maximum atomic E-state index is 12.5. The van der Waals surface area contributed by atoms with Crippen LogP contribution in [0.15, 0.2) is 54.6 Å². The van der Waals surface area contributed by atoms with Crippen molar-refractivity contribution < 1.29 is 23.9 Å². The van der Waals surface area contributed by atoms with Gasteiger partial charge < -0.3 is 15.4 Å². The molecule has 1 heterocycles. The van der Waals surface area contributed by atoms with E-state index in [-0.39, 0.29) is 4.88 Å². The monoisotopic (exact) mass is 459 g/mol. The Morgan fingerprint density at radius 3 is 2.39 bits per heavy atom. The molecule has 4 amide bonds. The average molecular weight is 460 g/mol. The van der Waals surface area contributed by atoms with E-state index < -0.39 is 36.5 Å². The number of hydrogen-bond donors (Lipinski definition) is 3. The predicted molar refractivity (Wildman–Crippen MR) is 117 cm³/mol. The highest BCUT2D eigenvalue weighted by atomic mass is 35.5. The third-order valence-corrected chi connectivity index (χ3v) is 5.86. The van der Waals surface area contributed by atoms with Crippen LogP contribution in [-0.4, -0.2) is 37.4 Å². The molecule has 3 aromatic rings. The first kappa shape index (κ1) is 22.3. The zero-order chi connectivity index (χ0) is 22.4. The first-order chi connectivity index (χ1) is 14.9. The first-order valence-electron chi connectivity index (χ1n) is 9.13. The van der Waals surface area contributed by atoms with Crippen molar-refractivity contribution in [1.82, 2.24) is 16.0 Å². The van der Waals surface area contributed by atoms with E-state index in [0.717, 1.165) is 10.1 Å². The van der Waals surface area contributed by atoms with Gasteiger partial charge in [-0.3, -0.25) is 19.7 Å². The number of benzene rings is 2. The summed E-state index contributed by atoms with van der Waals surface area (Å²) in [5.41, 5.74) is 0.371. The molecule has 0 aliphatic heterocycles. The topological polar surface area (TPSA) is 114 Å². The molecule has 0 radical (unpaired) electrons. The van der Waals surface area contributed by atoms with Crippen LogP contribution in [0.3, 0.4) is 0 Å². The van der Waals surface area contributed by atoms with Crippen LogP contribution in [-0.2, 0) is 14.3 Å². The third kappa shape index (κ3) is 5.39. The molecule has 10 heteroatoms. The number of amides is 4. The number of hydrogen-bond acceptors (Lipinski definition) is 6. The lowest BCUT2D eigenvalue weighted by molar-refractivity contribution is -0.155. The molecule has 3 N–H and O–H groups in total. The fraction of sp³-hybridized carbons (Fsp3) is 0.143. The summed E-state index contributed by atoms with van der Waals surface area (Å²) in [6.45, 7) is -0.486. The number of nitrogens with one attached hydrogen (secondary N) is 3. The van der Waals surface area contributed by atoms with Crippen LogP contribution < -0.4 is 16.0 Å². The summed E-state index contributed by atoms with van der Waals surface area (Å²) in [6, 6.07) is 14.8. The number of ether oxygens (including phenoxy) is 1. The molecule has 1 atom stereocenters. The van der Waals surface area contributed by atoms with E-state index in [2.05, 4.69) is 16.0 Å². The van der Waals surface area contributed by atoms with Gasteiger partial charge in [0.1, 0.15) is 11.4 Å². The Bertz CT molecular complexity index is 1130. The number of rotatable bonds is 6. The highest BCUT2D eigenvalue weighted by molar-refractivity contribution is 7.21. The summed E-state index contributed by atoms with van der Waals surface area (Å²) in [4.78, 5) is 49.0. The normalized spacial score (nSPS) is 11.4. The largest absolute Gasteiger partial charge is 0.446 e. The summed E-state index contributed by atoms with van der Waals surface area (Å²) in [5.74, 6) is -2.21. The van der Waals surface area contributed by atoms with Crippen LogP contribution in [0.2, 0.25) is 5.02 Å². The first-order valence-corrected chi connectivity index (χ1v) is 10.3. The molecular weight excluding hydrogens is 442 g/mol. The Morgan fingerprint density at radius 2 is 1.71 bits per heavy atom. The lowest BCUT2D eigenvalue weighted by Gasteiger charge is -2.17. The van der Waals surface area contributed by atoms with E-state index >= 15 is 0 Å². The zero-order valence-electron chi connectivity index (χ0n) is 16.3. The summed E-state index contributed by atoms with van der Waals surface area (Å²) in [5, 5.41) is 7.83. The zero-order valence-corrected chi connectivity index (χ0v) is 17.9. The molecule has 3 rings (SSSR count). The van der Waals surface area contributed by atoms with Gasteiger partial charge in [0.25, 0.3) is 11.8 Å². The van der Waals surface area contributed by atoms with Gasteiger partial charge in [-0.05, 0) is 6.07 Å². The fourth-order valence-electron chi connectivity index (χ4n) is 2.71. The molecule has 2 aromatic carbocycles. The lowest BCUT2D eigenvalue weighted by atomic mass is 10.1. The van der Waals surface area contributed by atoms with E-state index in [9.17, 15) is 19.2 Å². The Morgan fingerprint density at radius 1 is 1.03 bits per heavy atom. The molecule has 160 valence electrons. The number of imide groups is 1. The van der Waals surface area contributed by atoms with E-state index in [1.54, 1.807) is 36.4 Å². The quantitative estimate of drug-likeness (QED) is 0.490. The van der Waals surface area contributed by atoms with Crippen LogP contribution >= 0.6 is 22.9 Å². The van der Waals surface area contributed by atoms with Gasteiger partial charge in [-0.2, -0.15) is 0 Å². The second-order valence-corrected chi connectivity index (χ2v) is 7.70. The number of carbonyl (C=O) groups is 4. The number of thiophene rings is 1. The Kier molecular flexibility index (Phi) is 7.22. The van der Waals surface area contributed by atoms with Crippen LogP contribution in [0, 0.1) is 0 Å². The van der Waals surface area contributed by atoms with Crippen LogP contribution in [0.5, 0.6) is 0 Å². The van der Waals surface area contributed by atoms with Gasteiger partial charge in [-0.1, -0.05) is 60.1 Å². The minimum atomic E-state index is -1.36. The van der Waals surface area contributed by atoms with Crippen LogP contribution in [0.1, 0.15) is 21.3 Å². The van der Waals surface area contributed by atoms with Crippen molar-refractivity contribution in [3.8, 4) is 0 Å². The summed E-state index contributed by atoms with van der Waals surface area (Å²) < 4.78 is 6.09. The second kappa shape index (κ2) is 10.1. The molecule has 0 spiro atoms. The Balaban J connectivity index is 1.67. The van der Waals surface area contributed by atoms with Gasteiger partial charge in [0, 0.05) is 22.7 Å². The molecule has 31 heavy (non-hydrogen) atoms. The molecular formula is C21H18ClN3O5S. The van der Waals surface area contributed by atoms with E-state index in [4.69, 9.17) is 16.3 Å².